The van der Waals surface area contributed by atoms with E-state index in [1.807, 2.05) is 73.7 Å². The first-order valence-corrected chi connectivity index (χ1v) is 7.57. The Morgan fingerprint density at radius 1 is 0.826 bits per heavy atom. The summed E-state index contributed by atoms with van der Waals surface area (Å²) in [5, 5.41) is 13.2. The number of rotatable bonds is 5. The first-order chi connectivity index (χ1) is 11.2. The maximum absolute atomic E-state index is 9.86. The Hall–Kier alpha value is -2.94. The summed E-state index contributed by atoms with van der Waals surface area (Å²) in [5.41, 5.74) is 2.82. The van der Waals surface area contributed by atoms with E-state index in [0.717, 1.165) is 28.3 Å². The molecule has 0 fully saturated rings. The quantitative estimate of drug-likeness (QED) is 0.688. The number of aryl methyl sites for hydroxylation is 1. The zero-order valence-corrected chi connectivity index (χ0v) is 13.0. The van der Waals surface area contributed by atoms with Crippen LogP contribution in [-0.2, 0) is 6.54 Å². The van der Waals surface area contributed by atoms with Crippen LogP contribution in [0.1, 0.15) is 11.1 Å². The summed E-state index contributed by atoms with van der Waals surface area (Å²) >= 11 is 0. The van der Waals surface area contributed by atoms with Gasteiger partial charge in [-0.25, -0.2) is 0 Å². The van der Waals surface area contributed by atoms with E-state index >= 15 is 0 Å². The van der Waals surface area contributed by atoms with Gasteiger partial charge in [-0.2, -0.15) is 0 Å². The number of benzene rings is 3. The average molecular weight is 305 g/mol. The summed E-state index contributed by atoms with van der Waals surface area (Å²) in [7, 11) is 0. The first kappa shape index (κ1) is 15.0. The molecule has 0 aliphatic carbocycles. The highest BCUT2D eigenvalue weighted by atomic mass is 16.5. The first-order valence-electron chi connectivity index (χ1n) is 7.57. The molecule has 0 amide bonds. The van der Waals surface area contributed by atoms with E-state index in [2.05, 4.69) is 5.32 Å². The normalized spacial score (nSPS) is 10.3. The molecule has 23 heavy (non-hydrogen) atoms. The molecule has 3 nitrogen and oxygen atoms in total. The highest BCUT2D eigenvalue weighted by molar-refractivity contribution is 5.58. The van der Waals surface area contributed by atoms with Crippen LogP contribution in [0.2, 0.25) is 0 Å². The second-order valence-corrected chi connectivity index (χ2v) is 5.35. The number of phenols is 1. The van der Waals surface area contributed by atoms with Crippen LogP contribution in [0.3, 0.4) is 0 Å². The molecule has 0 saturated heterocycles. The van der Waals surface area contributed by atoms with Gasteiger partial charge in [0, 0.05) is 12.1 Å². The Morgan fingerprint density at radius 3 is 2.26 bits per heavy atom. The Balaban J connectivity index is 1.78. The molecule has 0 saturated carbocycles. The molecule has 3 heteroatoms. The second kappa shape index (κ2) is 6.88. The second-order valence-electron chi connectivity index (χ2n) is 5.35. The molecule has 0 aromatic heterocycles. The lowest BCUT2D eigenvalue weighted by Crippen LogP contribution is -2.01. The lowest BCUT2D eigenvalue weighted by molar-refractivity contribution is 0.468. The topological polar surface area (TPSA) is 41.5 Å². The van der Waals surface area contributed by atoms with Crippen LogP contribution in [-0.4, -0.2) is 5.11 Å². The lowest BCUT2D eigenvalue weighted by atomic mass is 10.2. The van der Waals surface area contributed by atoms with Crippen LogP contribution in [0, 0.1) is 6.92 Å². The summed E-state index contributed by atoms with van der Waals surface area (Å²) in [6.45, 7) is 2.55. The van der Waals surface area contributed by atoms with E-state index in [1.54, 1.807) is 6.07 Å². The zero-order chi connectivity index (χ0) is 16.1. The Bertz CT molecular complexity index is 799. The van der Waals surface area contributed by atoms with Gasteiger partial charge in [-0.15, -0.1) is 0 Å². The average Bonchev–Trinajstić information content (AvgIpc) is 2.57. The van der Waals surface area contributed by atoms with E-state index < -0.39 is 0 Å². The fraction of sp³-hybridized carbons (Fsp3) is 0.100. The van der Waals surface area contributed by atoms with Gasteiger partial charge in [0.2, 0.25) is 0 Å². The minimum absolute atomic E-state index is 0.289. The third kappa shape index (κ3) is 3.64. The molecular weight excluding hydrogens is 286 g/mol. The third-order valence-electron chi connectivity index (χ3n) is 3.66. The van der Waals surface area contributed by atoms with Gasteiger partial charge in [0.1, 0.15) is 11.5 Å². The number of anilines is 1. The van der Waals surface area contributed by atoms with Crippen molar-refractivity contribution in [3.8, 4) is 17.2 Å². The summed E-state index contributed by atoms with van der Waals surface area (Å²) in [6, 6.07) is 23.0. The van der Waals surface area contributed by atoms with Crippen LogP contribution in [0.5, 0.6) is 17.2 Å². The van der Waals surface area contributed by atoms with Crippen molar-refractivity contribution in [2.24, 2.45) is 0 Å². The number of nitrogens with one attached hydrogen (secondary N) is 1. The molecule has 2 N–H and O–H groups in total. The molecule has 116 valence electrons. The summed E-state index contributed by atoms with van der Waals surface area (Å²) in [4.78, 5) is 0. The van der Waals surface area contributed by atoms with E-state index in [9.17, 15) is 5.11 Å². The lowest BCUT2D eigenvalue weighted by Gasteiger charge is -2.14. The van der Waals surface area contributed by atoms with Crippen molar-refractivity contribution in [1.82, 2.24) is 0 Å². The standard InChI is InChI=1S/C20H19NO2/c1-15-8-2-6-12-19(15)23-20-13-7-4-10-17(20)21-14-16-9-3-5-11-18(16)22/h2-13,21-22H,14H2,1H3. The number of phenolic OH excluding ortho intramolecular Hbond substituents is 1. The van der Waals surface area contributed by atoms with E-state index in [1.165, 1.54) is 0 Å². The predicted octanol–water partition coefficient (Wildman–Crippen LogP) is 5.11. The smallest absolute Gasteiger partial charge is 0.150 e. The molecule has 3 rings (SSSR count). The van der Waals surface area contributed by atoms with Gasteiger partial charge in [-0.3, -0.25) is 0 Å². The molecule has 0 aliphatic heterocycles. The number of aromatic hydroxyl groups is 1. The van der Waals surface area contributed by atoms with Crippen LogP contribution >= 0.6 is 0 Å². The Labute approximate surface area is 136 Å². The van der Waals surface area contributed by atoms with Crippen LogP contribution < -0.4 is 10.1 Å². The number of hydrogen-bond acceptors (Lipinski definition) is 3. The number of para-hydroxylation sites is 4. The van der Waals surface area contributed by atoms with Gasteiger partial charge in [-0.05, 0) is 36.8 Å². The summed E-state index contributed by atoms with van der Waals surface area (Å²) in [5.74, 6) is 1.89. The highest BCUT2D eigenvalue weighted by Gasteiger charge is 2.07. The largest absolute Gasteiger partial charge is 0.508 e. The summed E-state index contributed by atoms with van der Waals surface area (Å²) in [6.07, 6.45) is 0. The predicted molar refractivity (Wildman–Crippen MR) is 93.1 cm³/mol. The van der Waals surface area contributed by atoms with Gasteiger partial charge in [0.05, 0.1) is 5.69 Å². The van der Waals surface area contributed by atoms with Gasteiger partial charge in [0.15, 0.2) is 5.75 Å². The van der Waals surface area contributed by atoms with Gasteiger partial charge in [-0.1, -0.05) is 48.5 Å². The van der Waals surface area contributed by atoms with Crippen molar-refractivity contribution in [1.29, 1.82) is 0 Å². The van der Waals surface area contributed by atoms with Gasteiger partial charge in [0.25, 0.3) is 0 Å². The van der Waals surface area contributed by atoms with Crippen molar-refractivity contribution in [3.05, 3.63) is 83.9 Å². The zero-order valence-electron chi connectivity index (χ0n) is 13.0. The molecule has 0 aliphatic rings. The van der Waals surface area contributed by atoms with Crippen LogP contribution in [0.4, 0.5) is 5.69 Å². The Morgan fingerprint density at radius 2 is 1.48 bits per heavy atom. The molecule has 0 atom stereocenters. The van der Waals surface area contributed by atoms with Gasteiger partial charge >= 0.3 is 0 Å². The number of ether oxygens (including phenoxy) is 1. The van der Waals surface area contributed by atoms with Crippen molar-refractivity contribution >= 4 is 5.69 Å². The van der Waals surface area contributed by atoms with Crippen molar-refractivity contribution < 1.29 is 9.84 Å². The molecule has 0 spiro atoms. The van der Waals surface area contributed by atoms with E-state index in [4.69, 9.17) is 4.74 Å². The summed E-state index contributed by atoms with van der Waals surface area (Å²) < 4.78 is 6.03. The minimum Gasteiger partial charge on any atom is -0.508 e. The molecule has 0 heterocycles. The maximum Gasteiger partial charge on any atom is 0.150 e. The molecule has 0 bridgehead atoms. The maximum atomic E-state index is 9.86. The van der Waals surface area contributed by atoms with Crippen LogP contribution in [0.25, 0.3) is 0 Å². The molecule has 3 aromatic rings. The molecule has 0 radical (unpaired) electrons. The van der Waals surface area contributed by atoms with Crippen molar-refractivity contribution in [3.63, 3.8) is 0 Å². The fourth-order valence-electron chi connectivity index (χ4n) is 2.34. The van der Waals surface area contributed by atoms with Crippen LogP contribution in [0.15, 0.2) is 72.8 Å². The highest BCUT2D eigenvalue weighted by Crippen LogP contribution is 2.31. The monoisotopic (exact) mass is 305 g/mol. The number of hydrogen-bond donors (Lipinski definition) is 2. The molecule has 3 aromatic carbocycles. The third-order valence-corrected chi connectivity index (χ3v) is 3.66. The van der Waals surface area contributed by atoms with E-state index in [-0.39, 0.29) is 5.75 Å². The molecular formula is C20H19NO2. The fourth-order valence-corrected chi connectivity index (χ4v) is 2.34. The van der Waals surface area contributed by atoms with Crippen molar-refractivity contribution in [2.45, 2.75) is 13.5 Å². The molecule has 0 unspecified atom stereocenters. The van der Waals surface area contributed by atoms with E-state index in [0.29, 0.717) is 6.54 Å². The van der Waals surface area contributed by atoms with Gasteiger partial charge < -0.3 is 15.2 Å². The Kier molecular flexibility index (Phi) is 4.48. The SMILES string of the molecule is Cc1ccccc1Oc1ccccc1NCc1ccccc1O. The minimum atomic E-state index is 0.289. The van der Waals surface area contributed by atoms with Crippen molar-refractivity contribution in [2.75, 3.05) is 5.32 Å².